The lowest BCUT2D eigenvalue weighted by Crippen LogP contribution is -1.96. The molecule has 0 unspecified atom stereocenters. The van der Waals surface area contributed by atoms with Crippen LogP contribution in [0.2, 0.25) is 0 Å². The highest BCUT2D eigenvalue weighted by molar-refractivity contribution is 7.99. The van der Waals surface area contributed by atoms with Gasteiger partial charge in [0.25, 0.3) is 0 Å². The van der Waals surface area contributed by atoms with E-state index in [2.05, 4.69) is 0 Å². The Hall–Kier alpha value is -2.00. The molecule has 3 rings (SSSR count). The van der Waals surface area contributed by atoms with Crippen LogP contribution in [0.1, 0.15) is 0 Å². The van der Waals surface area contributed by atoms with Crippen LogP contribution in [0.15, 0.2) is 79.7 Å². The molecule has 0 aliphatic rings. The molecular formula is C15H10O2S. The van der Waals surface area contributed by atoms with E-state index in [4.69, 9.17) is 4.42 Å². The lowest BCUT2D eigenvalue weighted by Gasteiger charge is -2.04. The molecule has 0 bridgehead atoms. The van der Waals surface area contributed by atoms with Gasteiger partial charge >= 0.3 is 5.63 Å². The Kier molecular flexibility index (Phi) is 2.90. The highest BCUT2D eigenvalue weighted by Gasteiger charge is 2.06. The third kappa shape index (κ3) is 2.17. The van der Waals surface area contributed by atoms with E-state index in [1.54, 1.807) is 17.8 Å². The first-order chi connectivity index (χ1) is 8.83. The van der Waals surface area contributed by atoms with Crippen molar-refractivity contribution in [2.24, 2.45) is 0 Å². The summed E-state index contributed by atoms with van der Waals surface area (Å²) in [5, 5.41) is 0.964. The van der Waals surface area contributed by atoms with Crippen molar-refractivity contribution in [2.75, 3.05) is 0 Å². The number of hydrogen-bond acceptors (Lipinski definition) is 3. The summed E-state index contributed by atoms with van der Waals surface area (Å²) in [7, 11) is 0. The van der Waals surface area contributed by atoms with Crippen molar-refractivity contribution in [1.29, 1.82) is 0 Å². The predicted octanol–water partition coefficient (Wildman–Crippen LogP) is 3.94. The quantitative estimate of drug-likeness (QED) is 0.649. The first-order valence-corrected chi connectivity index (χ1v) is 6.40. The Bertz CT molecular complexity index is 732. The van der Waals surface area contributed by atoms with Crippen LogP contribution in [-0.2, 0) is 0 Å². The largest absolute Gasteiger partial charge is 0.423 e. The maximum atomic E-state index is 11.5. The monoisotopic (exact) mass is 254 g/mol. The Morgan fingerprint density at radius 3 is 2.44 bits per heavy atom. The molecule has 0 aliphatic carbocycles. The van der Waals surface area contributed by atoms with Crippen molar-refractivity contribution in [3.05, 3.63) is 71.1 Å². The van der Waals surface area contributed by atoms with E-state index in [1.165, 1.54) is 0 Å². The maximum Gasteiger partial charge on any atom is 0.337 e. The number of hydrogen-bond donors (Lipinski definition) is 0. The summed E-state index contributed by atoms with van der Waals surface area (Å²) in [4.78, 5) is 13.5. The van der Waals surface area contributed by atoms with Gasteiger partial charge in [0, 0.05) is 21.2 Å². The van der Waals surface area contributed by atoms with Gasteiger partial charge in [-0.25, -0.2) is 4.79 Å². The zero-order valence-electron chi connectivity index (χ0n) is 9.50. The summed E-state index contributed by atoms with van der Waals surface area (Å²) in [6.07, 6.45) is 0. The molecule has 88 valence electrons. The van der Waals surface area contributed by atoms with Crippen LogP contribution < -0.4 is 5.63 Å². The third-order valence-electron chi connectivity index (χ3n) is 2.58. The molecule has 0 saturated heterocycles. The molecule has 0 saturated carbocycles. The van der Waals surface area contributed by atoms with Gasteiger partial charge in [-0.3, -0.25) is 0 Å². The minimum Gasteiger partial charge on any atom is -0.423 e. The molecule has 0 fully saturated rings. The molecular weight excluding hydrogens is 244 g/mol. The summed E-state index contributed by atoms with van der Waals surface area (Å²) >= 11 is 1.57. The van der Waals surface area contributed by atoms with Crippen LogP contribution in [0.4, 0.5) is 0 Å². The van der Waals surface area contributed by atoms with E-state index in [9.17, 15) is 4.79 Å². The highest BCUT2D eigenvalue weighted by atomic mass is 32.2. The molecule has 3 heteroatoms. The minimum atomic E-state index is -0.313. The van der Waals surface area contributed by atoms with Crippen molar-refractivity contribution in [1.82, 2.24) is 0 Å². The second kappa shape index (κ2) is 4.70. The third-order valence-corrected chi connectivity index (χ3v) is 3.65. The van der Waals surface area contributed by atoms with E-state index >= 15 is 0 Å². The van der Waals surface area contributed by atoms with Gasteiger partial charge in [0.05, 0.1) is 0 Å². The molecule has 2 nitrogen and oxygen atoms in total. The molecule has 1 aromatic heterocycles. The lowest BCUT2D eigenvalue weighted by molar-refractivity contribution is 0.557. The van der Waals surface area contributed by atoms with Crippen LogP contribution in [0.5, 0.6) is 0 Å². The van der Waals surface area contributed by atoms with Crippen molar-refractivity contribution in [3.63, 3.8) is 0 Å². The van der Waals surface area contributed by atoms with Gasteiger partial charge in [-0.05, 0) is 18.2 Å². The van der Waals surface area contributed by atoms with Gasteiger partial charge in [-0.2, -0.15) is 0 Å². The summed E-state index contributed by atoms with van der Waals surface area (Å²) < 4.78 is 5.17. The molecule has 1 heterocycles. The Labute approximate surface area is 108 Å². The van der Waals surface area contributed by atoms with Crippen LogP contribution >= 0.6 is 11.8 Å². The van der Waals surface area contributed by atoms with Gasteiger partial charge in [0.1, 0.15) is 5.58 Å². The Morgan fingerprint density at radius 2 is 1.61 bits per heavy atom. The molecule has 3 aromatic rings. The van der Waals surface area contributed by atoms with Crippen LogP contribution in [-0.4, -0.2) is 0 Å². The van der Waals surface area contributed by atoms with Gasteiger partial charge in [-0.1, -0.05) is 48.2 Å². The molecule has 0 radical (unpaired) electrons. The van der Waals surface area contributed by atoms with E-state index in [0.717, 1.165) is 15.2 Å². The number of rotatable bonds is 2. The zero-order chi connectivity index (χ0) is 12.4. The van der Waals surface area contributed by atoms with E-state index in [-0.39, 0.29) is 5.63 Å². The van der Waals surface area contributed by atoms with Crippen molar-refractivity contribution in [2.45, 2.75) is 9.79 Å². The molecule has 0 amide bonds. The summed E-state index contributed by atoms with van der Waals surface area (Å²) in [6.45, 7) is 0. The zero-order valence-corrected chi connectivity index (χ0v) is 10.3. The molecule has 2 aromatic carbocycles. The SMILES string of the molecule is O=c1cc(Sc2ccccc2)c2ccccc2o1. The van der Waals surface area contributed by atoms with Gasteiger partial charge < -0.3 is 4.42 Å². The lowest BCUT2D eigenvalue weighted by atomic mass is 10.2. The fourth-order valence-electron chi connectivity index (χ4n) is 1.78. The second-order valence-electron chi connectivity index (χ2n) is 3.84. The standard InChI is InChI=1S/C15H10O2S/c16-15-10-14(18-11-6-2-1-3-7-11)12-8-4-5-9-13(12)17-15/h1-10H. The van der Waals surface area contributed by atoms with Gasteiger partial charge in [0.2, 0.25) is 0 Å². The first-order valence-electron chi connectivity index (χ1n) is 5.59. The highest BCUT2D eigenvalue weighted by Crippen LogP contribution is 2.31. The van der Waals surface area contributed by atoms with Crippen molar-refractivity contribution in [3.8, 4) is 0 Å². The second-order valence-corrected chi connectivity index (χ2v) is 4.96. The molecule has 0 atom stereocenters. The first kappa shape index (κ1) is 11.1. The summed E-state index contributed by atoms with van der Waals surface area (Å²) in [6, 6.07) is 19.1. The fraction of sp³-hybridized carbons (Fsp3) is 0. The van der Waals surface area contributed by atoms with Gasteiger partial charge in [-0.15, -0.1) is 0 Å². The van der Waals surface area contributed by atoms with Crippen LogP contribution in [0.25, 0.3) is 11.0 Å². The number of fused-ring (bicyclic) bond motifs is 1. The van der Waals surface area contributed by atoms with Crippen LogP contribution in [0.3, 0.4) is 0 Å². The predicted molar refractivity (Wildman–Crippen MR) is 73.0 cm³/mol. The molecule has 0 spiro atoms. The van der Waals surface area contributed by atoms with E-state index in [1.807, 2.05) is 54.6 Å². The maximum absolute atomic E-state index is 11.5. The topological polar surface area (TPSA) is 30.2 Å². The number of benzene rings is 2. The molecule has 0 N–H and O–H groups in total. The Morgan fingerprint density at radius 1 is 0.889 bits per heavy atom. The van der Waals surface area contributed by atoms with E-state index < -0.39 is 0 Å². The smallest absolute Gasteiger partial charge is 0.337 e. The van der Waals surface area contributed by atoms with Crippen molar-refractivity contribution < 1.29 is 4.42 Å². The fourth-order valence-corrected chi connectivity index (χ4v) is 2.76. The normalized spacial score (nSPS) is 10.7. The summed E-state index contributed by atoms with van der Waals surface area (Å²) in [5.74, 6) is 0. The van der Waals surface area contributed by atoms with E-state index in [0.29, 0.717) is 5.58 Å². The average Bonchev–Trinajstić information content (AvgIpc) is 2.40. The number of para-hydroxylation sites is 1. The van der Waals surface area contributed by atoms with Gasteiger partial charge in [0.15, 0.2) is 0 Å². The molecule has 18 heavy (non-hydrogen) atoms. The average molecular weight is 254 g/mol. The van der Waals surface area contributed by atoms with Crippen molar-refractivity contribution >= 4 is 22.7 Å². The van der Waals surface area contributed by atoms with Crippen LogP contribution in [0, 0.1) is 0 Å². The molecule has 0 aliphatic heterocycles. The summed E-state index contributed by atoms with van der Waals surface area (Å²) in [5.41, 5.74) is 0.315. The Balaban J connectivity index is 2.14. The minimum absolute atomic E-state index is 0.313.